The minimum absolute atomic E-state index is 0.00484. The molecule has 5 heteroatoms. The van der Waals surface area contributed by atoms with Gasteiger partial charge in [0.15, 0.2) is 5.58 Å². The summed E-state index contributed by atoms with van der Waals surface area (Å²) < 4.78 is 4.93. The average Bonchev–Trinajstić information content (AvgIpc) is 2.57. The highest BCUT2D eigenvalue weighted by Gasteiger charge is 2.03. The first kappa shape index (κ1) is 9.95. The van der Waals surface area contributed by atoms with E-state index in [1.54, 1.807) is 24.1 Å². The van der Waals surface area contributed by atoms with Crippen LogP contribution in [0.3, 0.4) is 0 Å². The highest BCUT2D eigenvalue weighted by atomic mass is 16.4. The molecule has 0 atom stereocenters. The predicted octanol–water partition coefficient (Wildman–Crippen LogP) is 0.503. The van der Waals surface area contributed by atoms with Gasteiger partial charge in [0.2, 0.25) is 0 Å². The van der Waals surface area contributed by atoms with Crippen LogP contribution in [0, 0.1) is 0 Å². The topological polar surface area (TPSA) is 69.5 Å². The van der Waals surface area contributed by atoms with E-state index in [0.717, 1.165) is 5.56 Å². The summed E-state index contributed by atoms with van der Waals surface area (Å²) in [6, 6.07) is 5.47. The maximum Gasteiger partial charge on any atom is 0.417 e. The number of hydrogen-bond acceptors (Lipinski definition) is 4. The van der Waals surface area contributed by atoms with E-state index in [4.69, 9.17) is 9.52 Å². The van der Waals surface area contributed by atoms with Crippen molar-refractivity contribution < 1.29 is 9.52 Å². The molecule has 15 heavy (non-hydrogen) atoms. The van der Waals surface area contributed by atoms with Crippen molar-refractivity contribution >= 4 is 11.1 Å². The standard InChI is InChI=1S/C10H12N2O3/c1-12(6-13)5-7-2-3-8-9(4-7)15-10(14)11-8/h2-4,13H,5-6H2,1H3,(H,11,14). The number of rotatable bonds is 3. The van der Waals surface area contributed by atoms with Gasteiger partial charge in [-0.3, -0.25) is 9.88 Å². The zero-order valence-corrected chi connectivity index (χ0v) is 8.36. The van der Waals surface area contributed by atoms with Gasteiger partial charge in [-0.1, -0.05) is 6.07 Å². The first-order valence-corrected chi connectivity index (χ1v) is 4.60. The van der Waals surface area contributed by atoms with Crippen LogP contribution >= 0.6 is 0 Å². The molecule has 0 spiro atoms. The van der Waals surface area contributed by atoms with Gasteiger partial charge in [-0.15, -0.1) is 0 Å². The third-order valence-corrected chi connectivity index (χ3v) is 2.18. The number of fused-ring (bicyclic) bond motifs is 1. The lowest BCUT2D eigenvalue weighted by atomic mass is 10.2. The first-order chi connectivity index (χ1) is 7.19. The largest absolute Gasteiger partial charge is 0.417 e. The fourth-order valence-electron chi connectivity index (χ4n) is 1.45. The Kier molecular flexibility index (Phi) is 2.57. The number of aliphatic hydroxyl groups is 1. The quantitative estimate of drug-likeness (QED) is 0.721. The molecule has 0 bridgehead atoms. The molecule has 0 unspecified atom stereocenters. The van der Waals surface area contributed by atoms with Crippen molar-refractivity contribution in [3.8, 4) is 0 Å². The number of oxazole rings is 1. The van der Waals surface area contributed by atoms with E-state index in [-0.39, 0.29) is 6.73 Å². The summed E-state index contributed by atoms with van der Waals surface area (Å²) in [7, 11) is 1.80. The van der Waals surface area contributed by atoms with Gasteiger partial charge < -0.3 is 9.52 Å². The van der Waals surface area contributed by atoms with Crippen LogP contribution in [0.5, 0.6) is 0 Å². The van der Waals surface area contributed by atoms with Gasteiger partial charge in [0.05, 0.1) is 12.2 Å². The molecular weight excluding hydrogens is 196 g/mol. The number of aromatic amines is 1. The summed E-state index contributed by atoms with van der Waals surface area (Å²) in [5.74, 6) is -0.447. The molecule has 1 heterocycles. The fraction of sp³-hybridized carbons (Fsp3) is 0.300. The number of aromatic nitrogens is 1. The first-order valence-electron chi connectivity index (χ1n) is 4.60. The maximum atomic E-state index is 10.9. The second-order valence-electron chi connectivity index (χ2n) is 3.50. The molecular formula is C10H12N2O3. The maximum absolute atomic E-state index is 10.9. The molecule has 2 N–H and O–H groups in total. The average molecular weight is 208 g/mol. The third-order valence-electron chi connectivity index (χ3n) is 2.18. The minimum Gasteiger partial charge on any atom is -0.408 e. The van der Waals surface area contributed by atoms with Crippen LogP contribution in [-0.2, 0) is 6.54 Å². The second kappa shape index (κ2) is 3.88. The van der Waals surface area contributed by atoms with Gasteiger partial charge in [0.25, 0.3) is 0 Å². The molecule has 0 amide bonds. The molecule has 2 rings (SSSR count). The van der Waals surface area contributed by atoms with Crippen LogP contribution in [0.15, 0.2) is 27.4 Å². The Morgan fingerprint density at radius 1 is 1.53 bits per heavy atom. The summed E-state index contributed by atoms with van der Waals surface area (Å²) in [6.07, 6.45) is 0. The summed E-state index contributed by atoms with van der Waals surface area (Å²) in [5.41, 5.74) is 2.22. The zero-order chi connectivity index (χ0) is 10.8. The summed E-state index contributed by atoms with van der Waals surface area (Å²) >= 11 is 0. The van der Waals surface area contributed by atoms with Crippen LogP contribution in [-0.4, -0.2) is 28.8 Å². The second-order valence-corrected chi connectivity index (χ2v) is 3.50. The Morgan fingerprint density at radius 3 is 3.07 bits per heavy atom. The highest BCUT2D eigenvalue weighted by Crippen LogP contribution is 2.13. The monoisotopic (exact) mass is 208 g/mol. The fourth-order valence-corrected chi connectivity index (χ4v) is 1.45. The van der Waals surface area contributed by atoms with Gasteiger partial charge in [0.1, 0.15) is 0 Å². The normalized spacial score (nSPS) is 11.4. The summed E-state index contributed by atoms with van der Waals surface area (Å²) in [4.78, 5) is 15.2. The Bertz CT molecular complexity index is 515. The van der Waals surface area contributed by atoms with E-state index >= 15 is 0 Å². The summed E-state index contributed by atoms with van der Waals surface area (Å²) in [5, 5.41) is 8.86. The van der Waals surface area contributed by atoms with Crippen LogP contribution < -0.4 is 5.76 Å². The van der Waals surface area contributed by atoms with Gasteiger partial charge >= 0.3 is 5.76 Å². The van der Waals surface area contributed by atoms with Crippen LogP contribution in [0.25, 0.3) is 11.1 Å². The minimum atomic E-state index is -0.447. The van der Waals surface area contributed by atoms with Crippen molar-refractivity contribution in [1.82, 2.24) is 9.88 Å². The van der Waals surface area contributed by atoms with Crippen molar-refractivity contribution in [2.45, 2.75) is 6.54 Å². The van der Waals surface area contributed by atoms with Crippen molar-refractivity contribution in [2.24, 2.45) is 0 Å². The predicted molar refractivity (Wildman–Crippen MR) is 55.4 cm³/mol. The molecule has 0 saturated carbocycles. The summed E-state index contributed by atoms with van der Waals surface area (Å²) in [6.45, 7) is 0.608. The van der Waals surface area contributed by atoms with Gasteiger partial charge in [-0.2, -0.15) is 0 Å². The van der Waals surface area contributed by atoms with Crippen LogP contribution in [0.2, 0.25) is 0 Å². The molecule has 80 valence electrons. The van der Waals surface area contributed by atoms with E-state index in [9.17, 15) is 4.79 Å². The molecule has 0 fully saturated rings. The Hall–Kier alpha value is -1.59. The molecule has 1 aromatic heterocycles. The Balaban J connectivity index is 2.34. The number of aliphatic hydroxyl groups excluding tert-OH is 1. The number of benzene rings is 1. The van der Waals surface area contributed by atoms with Gasteiger partial charge in [0, 0.05) is 6.54 Å². The Morgan fingerprint density at radius 2 is 2.33 bits per heavy atom. The Labute approximate surface area is 85.9 Å². The molecule has 0 aliphatic rings. The van der Waals surface area contributed by atoms with Crippen molar-refractivity contribution in [1.29, 1.82) is 0 Å². The van der Waals surface area contributed by atoms with Crippen molar-refractivity contribution in [2.75, 3.05) is 13.8 Å². The molecule has 5 nitrogen and oxygen atoms in total. The van der Waals surface area contributed by atoms with E-state index in [0.29, 0.717) is 17.6 Å². The van der Waals surface area contributed by atoms with E-state index in [2.05, 4.69) is 4.98 Å². The lowest BCUT2D eigenvalue weighted by Gasteiger charge is -2.12. The van der Waals surface area contributed by atoms with Gasteiger partial charge in [-0.25, -0.2) is 4.79 Å². The SMILES string of the molecule is CN(CO)Cc1ccc2[nH]c(=O)oc2c1. The van der Waals surface area contributed by atoms with Crippen LogP contribution in [0.1, 0.15) is 5.56 Å². The third kappa shape index (κ3) is 2.08. The molecule has 1 aromatic carbocycles. The van der Waals surface area contributed by atoms with Gasteiger partial charge in [-0.05, 0) is 24.7 Å². The number of hydrogen-bond donors (Lipinski definition) is 2. The van der Waals surface area contributed by atoms with Crippen molar-refractivity contribution in [3.05, 3.63) is 34.3 Å². The molecule has 0 aliphatic heterocycles. The number of nitrogens with one attached hydrogen (secondary N) is 1. The number of nitrogens with zero attached hydrogens (tertiary/aromatic N) is 1. The zero-order valence-electron chi connectivity index (χ0n) is 8.36. The lowest BCUT2D eigenvalue weighted by molar-refractivity contribution is 0.127. The smallest absolute Gasteiger partial charge is 0.408 e. The van der Waals surface area contributed by atoms with E-state index in [1.165, 1.54) is 0 Å². The number of H-pyrrole nitrogens is 1. The van der Waals surface area contributed by atoms with Crippen molar-refractivity contribution in [3.63, 3.8) is 0 Å². The van der Waals surface area contributed by atoms with E-state index in [1.807, 2.05) is 6.07 Å². The van der Waals surface area contributed by atoms with E-state index < -0.39 is 5.76 Å². The molecule has 0 radical (unpaired) electrons. The molecule has 0 aliphatic carbocycles. The lowest BCUT2D eigenvalue weighted by Crippen LogP contribution is -2.18. The molecule has 2 aromatic rings. The molecule has 0 saturated heterocycles. The van der Waals surface area contributed by atoms with Crippen LogP contribution in [0.4, 0.5) is 0 Å². The highest BCUT2D eigenvalue weighted by molar-refractivity contribution is 5.72.